The fourth-order valence-electron chi connectivity index (χ4n) is 2.85. The summed E-state index contributed by atoms with van der Waals surface area (Å²) in [6, 6.07) is 14.0. The SMILES string of the molecule is COc1cc([N+](=O)[O-])ccc1-c1ccc(-c2nc3ccc(C)cc3[nH]2)o1. The lowest BCUT2D eigenvalue weighted by Crippen LogP contribution is -1.92. The van der Waals surface area contributed by atoms with E-state index in [0.29, 0.717) is 28.7 Å². The molecular formula is C19H15N3O4. The van der Waals surface area contributed by atoms with Gasteiger partial charge in [-0.3, -0.25) is 10.1 Å². The molecule has 26 heavy (non-hydrogen) atoms. The summed E-state index contributed by atoms with van der Waals surface area (Å²) in [5.41, 5.74) is 3.53. The van der Waals surface area contributed by atoms with Crippen molar-refractivity contribution in [3.05, 3.63) is 64.2 Å². The number of nitro benzene ring substituents is 1. The number of aromatic nitrogens is 2. The lowest BCUT2D eigenvalue weighted by molar-refractivity contribution is -0.384. The van der Waals surface area contributed by atoms with E-state index in [-0.39, 0.29) is 5.69 Å². The monoisotopic (exact) mass is 349 g/mol. The molecule has 0 fully saturated rings. The van der Waals surface area contributed by atoms with E-state index < -0.39 is 4.92 Å². The van der Waals surface area contributed by atoms with Crippen LogP contribution in [0.5, 0.6) is 5.75 Å². The van der Waals surface area contributed by atoms with Gasteiger partial charge in [0.2, 0.25) is 0 Å². The number of aromatic amines is 1. The van der Waals surface area contributed by atoms with Gasteiger partial charge >= 0.3 is 0 Å². The summed E-state index contributed by atoms with van der Waals surface area (Å²) in [6.45, 7) is 2.02. The fraction of sp³-hybridized carbons (Fsp3) is 0.105. The van der Waals surface area contributed by atoms with Crippen molar-refractivity contribution in [2.24, 2.45) is 0 Å². The minimum absolute atomic E-state index is 0.0370. The van der Waals surface area contributed by atoms with Crippen LogP contribution in [0.3, 0.4) is 0 Å². The average Bonchev–Trinajstić information content (AvgIpc) is 3.27. The molecule has 0 aliphatic carbocycles. The van der Waals surface area contributed by atoms with Gasteiger partial charge in [0.1, 0.15) is 11.5 Å². The molecule has 0 radical (unpaired) electrons. The fourth-order valence-corrected chi connectivity index (χ4v) is 2.85. The molecule has 0 saturated heterocycles. The number of aryl methyl sites for hydroxylation is 1. The van der Waals surface area contributed by atoms with E-state index in [4.69, 9.17) is 9.15 Å². The zero-order valence-corrected chi connectivity index (χ0v) is 14.1. The van der Waals surface area contributed by atoms with Crippen LogP contribution in [0.4, 0.5) is 5.69 Å². The molecule has 0 amide bonds. The van der Waals surface area contributed by atoms with Crippen LogP contribution >= 0.6 is 0 Å². The first kappa shape index (κ1) is 15.9. The second kappa shape index (κ2) is 6.03. The Labute approximate surface area is 148 Å². The van der Waals surface area contributed by atoms with Crippen LogP contribution in [0.15, 0.2) is 52.9 Å². The Bertz CT molecular complexity index is 1130. The minimum atomic E-state index is -0.462. The number of furan rings is 1. The van der Waals surface area contributed by atoms with Crippen LogP contribution in [0.2, 0.25) is 0 Å². The number of rotatable bonds is 4. The zero-order valence-electron chi connectivity index (χ0n) is 14.1. The summed E-state index contributed by atoms with van der Waals surface area (Å²) in [4.78, 5) is 18.3. The first-order valence-corrected chi connectivity index (χ1v) is 7.94. The third kappa shape index (κ3) is 2.69. The molecule has 0 aliphatic heterocycles. The normalized spacial score (nSPS) is 11.0. The van der Waals surface area contributed by atoms with E-state index in [2.05, 4.69) is 9.97 Å². The summed E-state index contributed by atoms with van der Waals surface area (Å²) in [5.74, 6) is 2.12. The molecule has 4 rings (SSSR count). The van der Waals surface area contributed by atoms with E-state index in [0.717, 1.165) is 16.6 Å². The number of ether oxygens (including phenoxy) is 1. The van der Waals surface area contributed by atoms with Crippen molar-refractivity contribution in [1.29, 1.82) is 0 Å². The number of non-ortho nitro benzene ring substituents is 1. The number of nitro groups is 1. The smallest absolute Gasteiger partial charge is 0.273 e. The highest BCUT2D eigenvalue weighted by Gasteiger charge is 2.17. The lowest BCUT2D eigenvalue weighted by atomic mass is 10.1. The Hall–Kier alpha value is -3.61. The highest BCUT2D eigenvalue weighted by molar-refractivity contribution is 5.79. The highest BCUT2D eigenvalue weighted by atomic mass is 16.6. The van der Waals surface area contributed by atoms with Crippen LogP contribution in [0, 0.1) is 17.0 Å². The van der Waals surface area contributed by atoms with E-state index in [1.54, 1.807) is 18.2 Å². The molecule has 0 bridgehead atoms. The van der Waals surface area contributed by atoms with E-state index >= 15 is 0 Å². The van der Waals surface area contributed by atoms with Gasteiger partial charge < -0.3 is 14.1 Å². The summed E-state index contributed by atoms with van der Waals surface area (Å²) >= 11 is 0. The minimum Gasteiger partial charge on any atom is -0.496 e. The van der Waals surface area contributed by atoms with Crippen LogP contribution in [-0.2, 0) is 0 Å². The molecule has 7 nitrogen and oxygen atoms in total. The first-order valence-electron chi connectivity index (χ1n) is 7.94. The van der Waals surface area contributed by atoms with E-state index in [1.165, 1.54) is 19.2 Å². The van der Waals surface area contributed by atoms with Crippen molar-refractivity contribution >= 4 is 16.7 Å². The molecule has 0 saturated carbocycles. The number of methoxy groups -OCH3 is 1. The van der Waals surface area contributed by atoms with Gasteiger partial charge in [-0.1, -0.05) is 6.07 Å². The quantitative estimate of drug-likeness (QED) is 0.425. The standard InChI is InChI=1S/C19H15N3O4/c1-11-3-6-14-15(9-11)21-19(20-14)17-8-7-16(26-17)13-5-4-12(22(23)24)10-18(13)25-2/h3-10H,1-2H3,(H,20,21). The molecular weight excluding hydrogens is 334 g/mol. The molecule has 2 aromatic carbocycles. The number of nitrogens with one attached hydrogen (secondary N) is 1. The maximum absolute atomic E-state index is 10.9. The Morgan fingerprint density at radius 1 is 1.12 bits per heavy atom. The maximum atomic E-state index is 10.9. The van der Waals surface area contributed by atoms with Gasteiger partial charge in [-0.25, -0.2) is 4.98 Å². The van der Waals surface area contributed by atoms with Crippen LogP contribution in [-0.4, -0.2) is 22.0 Å². The first-order chi connectivity index (χ1) is 12.5. The van der Waals surface area contributed by atoms with Gasteiger partial charge in [0.15, 0.2) is 11.6 Å². The number of benzene rings is 2. The Kier molecular flexibility index (Phi) is 3.69. The van der Waals surface area contributed by atoms with Crippen molar-refractivity contribution in [2.45, 2.75) is 6.92 Å². The molecule has 1 N–H and O–H groups in total. The summed E-state index contributed by atoms with van der Waals surface area (Å²) in [5, 5.41) is 10.9. The van der Waals surface area contributed by atoms with Crippen LogP contribution in [0.1, 0.15) is 5.56 Å². The number of fused-ring (bicyclic) bond motifs is 1. The Morgan fingerprint density at radius 2 is 1.92 bits per heavy atom. The van der Waals surface area contributed by atoms with Crippen molar-refractivity contribution in [3.63, 3.8) is 0 Å². The average molecular weight is 349 g/mol. The van der Waals surface area contributed by atoms with Crippen LogP contribution in [0.25, 0.3) is 33.9 Å². The topological polar surface area (TPSA) is 94.2 Å². The molecule has 0 aliphatic rings. The summed E-state index contributed by atoms with van der Waals surface area (Å²) in [6.07, 6.45) is 0. The molecule has 4 aromatic rings. The van der Waals surface area contributed by atoms with Gasteiger partial charge in [-0.15, -0.1) is 0 Å². The summed E-state index contributed by atoms with van der Waals surface area (Å²) in [7, 11) is 1.47. The third-order valence-electron chi connectivity index (χ3n) is 4.14. The zero-order chi connectivity index (χ0) is 18.3. The lowest BCUT2D eigenvalue weighted by Gasteiger charge is -2.05. The number of H-pyrrole nitrogens is 1. The predicted molar refractivity (Wildman–Crippen MR) is 97.2 cm³/mol. The Morgan fingerprint density at radius 3 is 2.69 bits per heavy atom. The van der Waals surface area contributed by atoms with Crippen molar-refractivity contribution < 1.29 is 14.1 Å². The van der Waals surface area contributed by atoms with Crippen molar-refractivity contribution in [1.82, 2.24) is 9.97 Å². The number of hydrogen-bond donors (Lipinski definition) is 1. The van der Waals surface area contributed by atoms with Gasteiger partial charge in [-0.2, -0.15) is 0 Å². The molecule has 0 spiro atoms. The van der Waals surface area contributed by atoms with E-state index in [9.17, 15) is 10.1 Å². The third-order valence-corrected chi connectivity index (χ3v) is 4.14. The molecule has 130 valence electrons. The molecule has 0 atom stereocenters. The second-order valence-corrected chi connectivity index (χ2v) is 5.91. The van der Waals surface area contributed by atoms with Crippen molar-refractivity contribution in [2.75, 3.05) is 7.11 Å². The summed E-state index contributed by atoms with van der Waals surface area (Å²) < 4.78 is 11.2. The van der Waals surface area contributed by atoms with E-state index in [1.807, 2.05) is 25.1 Å². The molecule has 2 heterocycles. The molecule has 0 unspecified atom stereocenters. The highest BCUT2D eigenvalue weighted by Crippen LogP contribution is 2.36. The van der Waals surface area contributed by atoms with Gasteiger partial charge in [0, 0.05) is 6.07 Å². The molecule has 7 heteroatoms. The molecule has 2 aromatic heterocycles. The number of nitrogens with zero attached hydrogens (tertiary/aromatic N) is 2. The Balaban J connectivity index is 1.74. The van der Waals surface area contributed by atoms with Crippen molar-refractivity contribution in [3.8, 4) is 28.7 Å². The van der Waals surface area contributed by atoms with Crippen LogP contribution < -0.4 is 4.74 Å². The predicted octanol–water partition coefficient (Wildman–Crippen LogP) is 4.72. The van der Waals surface area contributed by atoms with Gasteiger partial charge in [0.05, 0.1) is 34.7 Å². The maximum Gasteiger partial charge on any atom is 0.273 e. The second-order valence-electron chi connectivity index (χ2n) is 5.91. The number of imidazole rings is 1. The largest absolute Gasteiger partial charge is 0.496 e. The number of hydrogen-bond acceptors (Lipinski definition) is 5. The van der Waals surface area contributed by atoms with Gasteiger partial charge in [0.25, 0.3) is 5.69 Å². The van der Waals surface area contributed by atoms with Gasteiger partial charge in [-0.05, 0) is 42.8 Å².